The normalized spacial score (nSPS) is 11.2. The fourth-order valence-electron chi connectivity index (χ4n) is 2.05. The van der Waals surface area contributed by atoms with E-state index in [1.165, 1.54) is 0 Å². The second-order valence-electron chi connectivity index (χ2n) is 5.77. The SMILES string of the molecule is CC(C)(C)c1cccc(C(=O)Nc2ccccc2)c1O. The molecule has 0 unspecified atom stereocenters. The molecule has 3 heteroatoms. The van der Waals surface area contributed by atoms with E-state index in [1.807, 2.05) is 57.2 Å². The van der Waals surface area contributed by atoms with Crippen molar-refractivity contribution in [2.75, 3.05) is 5.32 Å². The number of para-hydroxylation sites is 2. The van der Waals surface area contributed by atoms with Gasteiger partial charge in [-0.25, -0.2) is 0 Å². The van der Waals surface area contributed by atoms with Gasteiger partial charge in [-0.2, -0.15) is 0 Å². The average Bonchev–Trinajstić information content (AvgIpc) is 2.38. The molecule has 0 bridgehead atoms. The van der Waals surface area contributed by atoms with E-state index in [9.17, 15) is 9.90 Å². The minimum atomic E-state index is -0.306. The first-order chi connectivity index (χ1) is 9.39. The number of hydrogen-bond acceptors (Lipinski definition) is 2. The second kappa shape index (κ2) is 5.37. The Morgan fingerprint density at radius 1 is 1.00 bits per heavy atom. The van der Waals surface area contributed by atoms with Crippen molar-refractivity contribution in [2.24, 2.45) is 0 Å². The van der Waals surface area contributed by atoms with E-state index in [1.54, 1.807) is 12.1 Å². The molecule has 0 saturated carbocycles. The third-order valence-corrected chi connectivity index (χ3v) is 3.12. The molecule has 0 radical (unpaired) electrons. The molecule has 0 heterocycles. The Morgan fingerprint density at radius 3 is 2.25 bits per heavy atom. The number of benzene rings is 2. The maximum atomic E-state index is 12.2. The number of hydrogen-bond donors (Lipinski definition) is 2. The summed E-state index contributed by atoms with van der Waals surface area (Å²) in [4.78, 5) is 12.2. The molecule has 0 saturated heterocycles. The summed E-state index contributed by atoms with van der Waals surface area (Å²) in [6.07, 6.45) is 0. The van der Waals surface area contributed by atoms with Gasteiger partial charge in [-0.1, -0.05) is 51.1 Å². The molecule has 0 atom stereocenters. The van der Waals surface area contributed by atoms with Gasteiger partial charge in [0.1, 0.15) is 5.75 Å². The van der Waals surface area contributed by atoms with E-state index in [4.69, 9.17) is 0 Å². The number of phenols is 1. The first kappa shape index (κ1) is 14.1. The lowest BCUT2D eigenvalue weighted by Gasteiger charge is -2.21. The molecule has 20 heavy (non-hydrogen) atoms. The van der Waals surface area contributed by atoms with E-state index in [0.29, 0.717) is 11.3 Å². The van der Waals surface area contributed by atoms with Crippen LogP contribution in [-0.2, 0) is 5.41 Å². The standard InChI is InChI=1S/C17H19NO2/c1-17(2,3)14-11-7-10-13(15(14)19)16(20)18-12-8-5-4-6-9-12/h4-11,19H,1-3H3,(H,18,20). The summed E-state index contributed by atoms with van der Waals surface area (Å²) in [6, 6.07) is 14.5. The summed E-state index contributed by atoms with van der Waals surface area (Å²) in [5, 5.41) is 13.1. The molecule has 2 aromatic rings. The first-order valence-corrected chi connectivity index (χ1v) is 6.58. The van der Waals surface area contributed by atoms with Crippen molar-refractivity contribution in [1.29, 1.82) is 0 Å². The van der Waals surface area contributed by atoms with E-state index in [-0.39, 0.29) is 17.1 Å². The van der Waals surface area contributed by atoms with Crippen LogP contribution in [0.4, 0.5) is 5.69 Å². The van der Waals surface area contributed by atoms with Gasteiger partial charge in [-0.05, 0) is 23.6 Å². The van der Waals surface area contributed by atoms with Crippen molar-refractivity contribution in [3.63, 3.8) is 0 Å². The lowest BCUT2D eigenvalue weighted by molar-refractivity contribution is 0.102. The third kappa shape index (κ3) is 2.99. The first-order valence-electron chi connectivity index (χ1n) is 6.58. The molecule has 3 nitrogen and oxygen atoms in total. The minimum Gasteiger partial charge on any atom is -0.507 e. The molecule has 0 aliphatic carbocycles. The highest BCUT2D eigenvalue weighted by molar-refractivity contribution is 6.06. The number of carbonyl (C=O) groups is 1. The summed E-state index contributed by atoms with van der Waals surface area (Å²) in [5.41, 5.74) is 1.55. The van der Waals surface area contributed by atoms with Crippen LogP contribution in [0.5, 0.6) is 5.75 Å². The van der Waals surface area contributed by atoms with Gasteiger partial charge in [0.15, 0.2) is 0 Å². The van der Waals surface area contributed by atoms with Crippen LogP contribution in [0.1, 0.15) is 36.7 Å². The Bertz CT molecular complexity index is 613. The van der Waals surface area contributed by atoms with Gasteiger partial charge in [-0.15, -0.1) is 0 Å². The number of aromatic hydroxyl groups is 1. The largest absolute Gasteiger partial charge is 0.507 e. The number of anilines is 1. The molecule has 1 amide bonds. The lowest BCUT2D eigenvalue weighted by Crippen LogP contribution is -2.16. The van der Waals surface area contributed by atoms with Crippen LogP contribution in [0.15, 0.2) is 48.5 Å². The monoisotopic (exact) mass is 269 g/mol. The van der Waals surface area contributed by atoms with Gasteiger partial charge in [0.2, 0.25) is 0 Å². The quantitative estimate of drug-likeness (QED) is 0.867. The van der Waals surface area contributed by atoms with Gasteiger partial charge in [0.25, 0.3) is 5.91 Å². The average molecular weight is 269 g/mol. The molecule has 0 aliphatic heterocycles. The van der Waals surface area contributed by atoms with Crippen molar-refractivity contribution >= 4 is 11.6 Å². The van der Waals surface area contributed by atoms with Crippen molar-refractivity contribution in [3.05, 3.63) is 59.7 Å². The van der Waals surface area contributed by atoms with Crippen LogP contribution < -0.4 is 5.32 Å². The number of nitrogens with one attached hydrogen (secondary N) is 1. The molecule has 2 rings (SSSR count). The van der Waals surface area contributed by atoms with E-state index in [0.717, 1.165) is 5.56 Å². The number of amides is 1. The molecule has 0 spiro atoms. The minimum absolute atomic E-state index is 0.0495. The Kier molecular flexibility index (Phi) is 3.79. The second-order valence-corrected chi connectivity index (χ2v) is 5.77. The number of rotatable bonds is 2. The molecule has 0 aliphatic rings. The predicted octanol–water partition coefficient (Wildman–Crippen LogP) is 3.94. The summed E-state index contributed by atoms with van der Waals surface area (Å²) < 4.78 is 0. The van der Waals surface area contributed by atoms with Crippen molar-refractivity contribution in [2.45, 2.75) is 26.2 Å². The molecular formula is C17H19NO2. The molecule has 2 N–H and O–H groups in total. The van der Waals surface area contributed by atoms with E-state index >= 15 is 0 Å². The third-order valence-electron chi connectivity index (χ3n) is 3.12. The zero-order valence-corrected chi connectivity index (χ0v) is 12.0. The van der Waals surface area contributed by atoms with Crippen LogP contribution >= 0.6 is 0 Å². The Balaban J connectivity index is 2.32. The van der Waals surface area contributed by atoms with Gasteiger partial charge in [0, 0.05) is 11.3 Å². The van der Waals surface area contributed by atoms with Gasteiger partial charge >= 0.3 is 0 Å². The lowest BCUT2D eigenvalue weighted by atomic mass is 9.85. The van der Waals surface area contributed by atoms with Gasteiger partial charge in [-0.3, -0.25) is 4.79 Å². The zero-order chi connectivity index (χ0) is 14.8. The maximum absolute atomic E-state index is 12.2. The summed E-state index contributed by atoms with van der Waals surface area (Å²) in [7, 11) is 0. The van der Waals surface area contributed by atoms with Crippen molar-refractivity contribution in [1.82, 2.24) is 0 Å². The highest BCUT2D eigenvalue weighted by Gasteiger charge is 2.22. The molecule has 0 fully saturated rings. The van der Waals surface area contributed by atoms with E-state index in [2.05, 4.69) is 5.32 Å². The molecular weight excluding hydrogens is 250 g/mol. The topological polar surface area (TPSA) is 49.3 Å². The number of carbonyl (C=O) groups excluding carboxylic acids is 1. The summed E-state index contributed by atoms with van der Waals surface area (Å²) in [6.45, 7) is 6.00. The summed E-state index contributed by atoms with van der Waals surface area (Å²) in [5.74, 6) is -0.256. The fraction of sp³-hybridized carbons (Fsp3) is 0.235. The summed E-state index contributed by atoms with van der Waals surface area (Å²) >= 11 is 0. The Morgan fingerprint density at radius 2 is 1.65 bits per heavy atom. The van der Waals surface area contributed by atoms with Crippen LogP contribution in [-0.4, -0.2) is 11.0 Å². The fourth-order valence-corrected chi connectivity index (χ4v) is 2.05. The van der Waals surface area contributed by atoms with Crippen LogP contribution in [0.3, 0.4) is 0 Å². The zero-order valence-electron chi connectivity index (χ0n) is 12.0. The van der Waals surface area contributed by atoms with E-state index < -0.39 is 0 Å². The predicted molar refractivity (Wildman–Crippen MR) is 81.2 cm³/mol. The highest BCUT2D eigenvalue weighted by Crippen LogP contribution is 2.33. The Labute approximate surface area is 119 Å². The maximum Gasteiger partial charge on any atom is 0.259 e. The van der Waals surface area contributed by atoms with Crippen molar-refractivity contribution in [3.8, 4) is 5.75 Å². The van der Waals surface area contributed by atoms with Gasteiger partial charge < -0.3 is 10.4 Å². The smallest absolute Gasteiger partial charge is 0.259 e. The van der Waals surface area contributed by atoms with Crippen LogP contribution in [0.25, 0.3) is 0 Å². The van der Waals surface area contributed by atoms with Crippen molar-refractivity contribution < 1.29 is 9.90 Å². The van der Waals surface area contributed by atoms with Crippen LogP contribution in [0.2, 0.25) is 0 Å². The highest BCUT2D eigenvalue weighted by atomic mass is 16.3. The Hall–Kier alpha value is -2.29. The van der Waals surface area contributed by atoms with Gasteiger partial charge in [0.05, 0.1) is 5.56 Å². The molecule has 0 aromatic heterocycles. The molecule has 2 aromatic carbocycles. The van der Waals surface area contributed by atoms with Crippen LogP contribution in [0, 0.1) is 0 Å². The molecule has 104 valence electrons. The number of phenolic OH excluding ortho intramolecular Hbond substituents is 1.